The number of ether oxygens (including phenoxy) is 2. The van der Waals surface area contributed by atoms with Crippen LogP contribution in [0.2, 0.25) is 0 Å². The number of amides is 1. The highest BCUT2D eigenvalue weighted by molar-refractivity contribution is 7.16. The van der Waals surface area contributed by atoms with Gasteiger partial charge in [0.1, 0.15) is 17.0 Å². The molecule has 0 saturated carbocycles. The Morgan fingerprint density at radius 1 is 1.45 bits per heavy atom. The number of hydrogen-bond donors (Lipinski definition) is 1. The van der Waals surface area contributed by atoms with Crippen molar-refractivity contribution in [3.63, 3.8) is 0 Å². The van der Waals surface area contributed by atoms with Gasteiger partial charge >= 0.3 is 6.09 Å². The summed E-state index contributed by atoms with van der Waals surface area (Å²) < 4.78 is 10.4. The smallest absolute Gasteiger partial charge is 0.407 e. The number of aromatic nitrogens is 2. The zero-order valence-electron chi connectivity index (χ0n) is 11.5. The average Bonchev–Trinajstić information content (AvgIpc) is 2.88. The third kappa shape index (κ3) is 4.34. The van der Waals surface area contributed by atoms with Crippen LogP contribution in [-0.2, 0) is 4.74 Å². The fraction of sp³-hybridized carbons (Fsp3) is 0.462. The van der Waals surface area contributed by atoms with E-state index in [4.69, 9.17) is 9.47 Å². The summed E-state index contributed by atoms with van der Waals surface area (Å²) in [4.78, 5) is 20.6. The lowest BCUT2D eigenvalue weighted by Gasteiger charge is -2.09. The summed E-state index contributed by atoms with van der Waals surface area (Å²) in [6, 6.07) is 3.62. The summed E-state index contributed by atoms with van der Waals surface area (Å²) >= 11 is 1.46. The molecule has 0 fully saturated rings. The standard InChI is InChI=1S/C13H17N3O3S/c1-9(2)7-19-13(17)14-5-6-18-11-4-3-10-12(16-11)20-8-15-10/h3-4,8-9H,5-7H2,1-2H3,(H,14,17). The minimum atomic E-state index is -0.423. The molecule has 2 aromatic heterocycles. The Morgan fingerprint density at radius 2 is 2.30 bits per heavy atom. The summed E-state index contributed by atoms with van der Waals surface area (Å²) in [5, 5.41) is 2.62. The van der Waals surface area contributed by atoms with Crippen molar-refractivity contribution in [2.75, 3.05) is 19.8 Å². The molecule has 0 aliphatic rings. The van der Waals surface area contributed by atoms with E-state index in [-0.39, 0.29) is 0 Å². The van der Waals surface area contributed by atoms with E-state index in [2.05, 4.69) is 15.3 Å². The Bertz CT molecular complexity index is 571. The maximum Gasteiger partial charge on any atom is 0.407 e. The number of carbonyl (C=O) groups excluding carboxylic acids is 1. The normalized spacial score (nSPS) is 10.8. The molecule has 2 heterocycles. The third-order valence-corrected chi connectivity index (χ3v) is 3.07. The Morgan fingerprint density at radius 3 is 3.10 bits per heavy atom. The molecule has 0 radical (unpaired) electrons. The van der Waals surface area contributed by atoms with E-state index in [9.17, 15) is 4.79 Å². The van der Waals surface area contributed by atoms with Crippen LogP contribution in [0.5, 0.6) is 5.88 Å². The van der Waals surface area contributed by atoms with Crippen LogP contribution in [0.3, 0.4) is 0 Å². The largest absolute Gasteiger partial charge is 0.476 e. The number of nitrogens with zero attached hydrogens (tertiary/aromatic N) is 2. The van der Waals surface area contributed by atoms with Crippen LogP contribution >= 0.6 is 11.3 Å². The SMILES string of the molecule is CC(C)COC(=O)NCCOc1ccc2ncsc2n1. The minimum absolute atomic E-state index is 0.326. The van der Waals surface area contributed by atoms with Gasteiger partial charge in [-0.05, 0) is 12.0 Å². The predicted octanol–water partition coefficient (Wildman–Crippen LogP) is 2.45. The Labute approximate surface area is 121 Å². The number of fused-ring (bicyclic) bond motifs is 1. The maximum atomic E-state index is 11.3. The van der Waals surface area contributed by atoms with Crippen molar-refractivity contribution in [3.05, 3.63) is 17.6 Å². The van der Waals surface area contributed by atoms with Gasteiger partial charge in [-0.1, -0.05) is 13.8 Å². The molecule has 0 bridgehead atoms. The lowest BCUT2D eigenvalue weighted by molar-refractivity contribution is 0.131. The first kappa shape index (κ1) is 14.5. The first-order valence-electron chi connectivity index (χ1n) is 6.39. The molecule has 0 atom stereocenters. The van der Waals surface area contributed by atoms with Gasteiger partial charge in [0.05, 0.1) is 18.7 Å². The predicted molar refractivity (Wildman–Crippen MR) is 77.1 cm³/mol. The zero-order valence-corrected chi connectivity index (χ0v) is 12.3. The molecule has 20 heavy (non-hydrogen) atoms. The summed E-state index contributed by atoms with van der Waals surface area (Å²) in [6.45, 7) is 5.10. The molecule has 0 spiro atoms. The average molecular weight is 295 g/mol. The number of hydrogen-bond acceptors (Lipinski definition) is 6. The lowest BCUT2D eigenvalue weighted by Crippen LogP contribution is -2.29. The minimum Gasteiger partial charge on any atom is -0.476 e. The van der Waals surface area contributed by atoms with Gasteiger partial charge in [-0.2, -0.15) is 0 Å². The molecule has 0 aromatic carbocycles. The molecule has 108 valence electrons. The zero-order chi connectivity index (χ0) is 14.4. The van der Waals surface area contributed by atoms with Crippen molar-refractivity contribution < 1.29 is 14.3 Å². The van der Waals surface area contributed by atoms with Crippen molar-refractivity contribution in [2.24, 2.45) is 5.92 Å². The lowest BCUT2D eigenvalue weighted by atomic mass is 10.2. The fourth-order valence-corrected chi connectivity index (χ4v) is 2.07. The molecule has 2 aromatic rings. The van der Waals surface area contributed by atoms with Crippen LogP contribution in [0, 0.1) is 5.92 Å². The molecule has 1 N–H and O–H groups in total. The van der Waals surface area contributed by atoms with Crippen molar-refractivity contribution in [1.82, 2.24) is 15.3 Å². The molecular weight excluding hydrogens is 278 g/mol. The van der Waals surface area contributed by atoms with E-state index in [1.165, 1.54) is 11.3 Å². The first-order valence-corrected chi connectivity index (χ1v) is 7.27. The molecular formula is C13H17N3O3S. The van der Waals surface area contributed by atoms with E-state index in [1.54, 1.807) is 11.6 Å². The second-order valence-electron chi connectivity index (χ2n) is 4.59. The van der Waals surface area contributed by atoms with Gasteiger partial charge in [-0.15, -0.1) is 11.3 Å². The Balaban J connectivity index is 1.69. The number of nitrogens with one attached hydrogen (secondary N) is 1. The van der Waals surface area contributed by atoms with Crippen LogP contribution in [0.25, 0.3) is 10.3 Å². The second kappa shape index (κ2) is 7.04. The highest BCUT2D eigenvalue weighted by Crippen LogP contribution is 2.18. The maximum absolute atomic E-state index is 11.3. The van der Waals surface area contributed by atoms with E-state index < -0.39 is 6.09 Å². The third-order valence-electron chi connectivity index (χ3n) is 2.34. The van der Waals surface area contributed by atoms with Gasteiger partial charge < -0.3 is 14.8 Å². The van der Waals surface area contributed by atoms with Gasteiger partial charge in [0, 0.05) is 6.07 Å². The van der Waals surface area contributed by atoms with E-state index in [0.29, 0.717) is 31.6 Å². The summed E-state index contributed by atoms with van der Waals surface area (Å²) in [7, 11) is 0. The van der Waals surface area contributed by atoms with Gasteiger partial charge in [-0.3, -0.25) is 0 Å². The summed E-state index contributed by atoms with van der Waals surface area (Å²) in [5.41, 5.74) is 2.60. The number of thiazole rings is 1. The number of carbonyl (C=O) groups is 1. The first-order chi connectivity index (χ1) is 9.65. The van der Waals surface area contributed by atoms with Gasteiger partial charge in [0.25, 0.3) is 0 Å². The van der Waals surface area contributed by atoms with Crippen molar-refractivity contribution in [3.8, 4) is 5.88 Å². The molecule has 0 aliphatic carbocycles. The van der Waals surface area contributed by atoms with E-state index in [1.807, 2.05) is 19.9 Å². The van der Waals surface area contributed by atoms with Crippen molar-refractivity contribution >= 4 is 27.8 Å². The molecule has 6 nitrogen and oxygen atoms in total. The van der Waals surface area contributed by atoms with Crippen molar-refractivity contribution in [2.45, 2.75) is 13.8 Å². The molecule has 1 amide bonds. The van der Waals surface area contributed by atoms with E-state index in [0.717, 1.165) is 10.3 Å². The van der Waals surface area contributed by atoms with Gasteiger partial charge in [0.2, 0.25) is 5.88 Å². The molecule has 0 unspecified atom stereocenters. The van der Waals surface area contributed by atoms with E-state index >= 15 is 0 Å². The van der Waals surface area contributed by atoms with Crippen molar-refractivity contribution in [1.29, 1.82) is 0 Å². The monoisotopic (exact) mass is 295 g/mol. The molecule has 0 aliphatic heterocycles. The molecule has 0 saturated heterocycles. The number of pyridine rings is 1. The number of alkyl carbamates (subject to hydrolysis) is 1. The number of rotatable bonds is 6. The van der Waals surface area contributed by atoms with Crippen LogP contribution in [-0.4, -0.2) is 35.8 Å². The van der Waals surface area contributed by atoms with Gasteiger partial charge in [-0.25, -0.2) is 14.8 Å². The van der Waals surface area contributed by atoms with Crippen LogP contribution in [0.15, 0.2) is 17.6 Å². The second-order valence-corrected chi connectivity index (χ2v) is 5.43. The highest BCUT2D eigenvalue weighted by Gasteiger charge is 2.04. The highest BCUT2D eigenvalue weighted by atomic mass is 32.1. The summed E-state index contributed by atoms with van der Waals surface area (Å²) in [6.07, 6.45) is -0.423. The fourth-order valence-electron chi connectivity index (χ4n) is 1.42. The van der Waals surface area contributed by atoms with Crippen LogP contribution < -0.4 is 10.1 Å². The molecule has 2 rings (SSSR count). The Kier molecular flexibility index (Phi) is 5.11. The quantitative estimate of drug-likeness (QED) is 0.829. The Hall–Kier alpha value is -1.89. The van der Waals surface area contributed by atoms with Gasteiger partial charge in [0.15, 0.2) is 0 Å². The molecule has 7 heteroatoms. The summed E-state index contributed by atoms with van der Waals surface area (Å²) in [5.74, 6) is 0.853. The topological polar surface area (TPSA) is 73.3 Å². The van der Waals surface area contributed by atoms with Crippen LogP contribution in [0.4, 0.5) is 4.79 Å². The van der Waals surface area contributed by atoms with Crippen LogP contribution in [0.1, 0.15) is 13.8 Å².